The lowest BCUT2D eigenvalue weighted by atomic mass is 10.1. The van der Waals surface area contributed by atoms with E-state index in [0.717, 1.165) is 25.2 Å². The summed E-state index contributed by atoms with van der Waals surface area (Å²) in [5.74, 6) is 1.16. The molecule has 2 rings (SSSR count). The Balaban J connectivity index is 2.09. The van der Waals surface area contributed by atoms with Gasteiger partial charge in [-0.05, 0) is 31.4 Å². The minimum atomic E-state index is 0.0578. The van der Waals surface area contributed by atoms with Gasteiger partial charge in [-0.2, -0.15) is 0 Å². The highest BCUT2D eigenvalue weighted by atomic mass is 16.5. The molecule has 0 radical (unpaired) electrons. The molecular formula is C10H12O3. The molecule has 1 saturated heterocycles. The predicted octanol–water partition coefficient (Wildman–Crippen LogP) is 2.33. The number of furan rings is 1. The monoisotopic (exact) mass is 180 g/mol. The number of aldehydes is 1. The van der Waals surface area contributed by atoms with Gasteiger partial charge in [0.15, 0.2) is 12.0 Å². The first-order valence-corrected chi connectivity index (χ1v) is 4.56. The molecular weight excluding hydrogens is 168 g/mol. The summed E-state index contributed by atoms with van der Waals surface area (Å²) >= 11 is 0. The van der Waals surface area contributed by atoms with Gasteiger partial charge in [-0.25, -0.2) is 0 Å². The Bertz CT molecular complexity index is 284. The van der Waals surface area contributed by atoms with E-state index in [0.29, 0.717) is 12.0 Å². The molecule has 0 saturated carbocycles. The van der Waals surface area contributed by atoms with Crippen LogP contribution in [0.5, 0.6) is 0 Å². The van der Waals surface area contributed by atoms with Crippen molar-refractivity contribution in [2.24, 2.45) is 0 Å². The second-order valence-corrected chi connectivity index (χ2v) is 3.21. The van der Waals surface area contributed by atoms with Crippen LogP contribution in [0.3, 0.4) is 0 Å². The second kappa shape index (κ2) is 3.75. The van der Waals surface area contributed by atoms with Crippen molar-refractivity contribution < 1.29 is 13.9 Å². The smallest absolute Gasteiger partial charge is 0.185 e. The molecule has 1 aliphatic heterocycles. The van der Waals surface area contributed by atoms with Crippen molar-refractivity contribution in [1.82, 2.24) is 0 Å². The van der Waals surface area contributed by atoms with Crippen molar-refractivity contribution in [2.75, 3.05) is 6.61 Å². The fourth-order valence-electron chi connectivity index (χ4n) is 1.57. The molecule has 13 heavy (non-hydrogen) atoms. The number of rotatable bonds is 2. The van der Waals surface area contributed by atoms with E-state index in [-0.39, 0.29) is 6.10 Å². The van der Waals surface area contributed by atoms with Gasteiger partial charge in [0.1, 0.15) is 11.9 Å². The molecule has 3 nitrogen and oxygen atoms in total. The van der Waals surface area contributed by atoms with E-state index >= 15 is 0 Å². The molecule has 2 heterocycles. The Hall–Kier alpha value is -1.09. The molecule has 0 N–H and O–H groups in total. The van der Waals surface area contributed by atoms with Crippen LogP contribution in [0.15, 0.2) is 16.5 Å². The third-order valence-corrected chi connectivity index (χ3v) is 2.26. The molecule has 70 valence electrons. The van der Waals surface area contributed by atoms with Crippen LogP contribution in [-0.4, -0.2) is 12.9 Å². The highest BCUT2D eigenvalue weighted by Crippen LogP contribution is 2.28. The molecule has 0 amide bonds. The highest BCUT2D eigenvalue weighted by molar-refractivity contribution is 5.70. The highest BCUT2D eigenvalue weighted by Gasteiger charge is 2.18. The van der Waals surface area contributed by atoms with E-state index < -0.39 is 0 Å². The van der Waals surface area contributed by atoms with Crippen LogP contribution in [0.1, 0.15) is 41.7 Å². The third-order valence-electron chi connectivity index (χ3n) is 2.26. The average Bonchev–Trinajstić information content (AvgIpc) is 2.67. The van der Waals surface area contributed by atoms with E-state index in [9.17, 15) is 4.79 Å². The van der Waals surface area contributed by atoms with Crippen molar-refractivity contribution in [2.45, 2.75) is 25.4 Å². The molecule has 1 aliphatic rings. The van der Waals surface area contributed by atoms with Gasteiger partial charge in [0.25, 0.3) is 0 Å². The number of ether oxygens (including phenoxy) is 1. The molecule has 1 aromatic rings. The van der Waals surface area contributed by atoms with Crippen molar-refractivity contribution in [3.8, 4) is 0 Å². The molecule has 0 aliphatic carbocycles. The van der Waals surface area contributed by atoms with E-state index in [1.165, 1.54) is 6.42 Å². The van der Waals surface area contributed by atoms with Crippen LogP contribution in [0.4, 0.5) is 0 Å². The van der Waals surface area contributed by atoms with Crippen LogP contribution >= 0.6 is 0 Å². The van der Waals surface area contributed by atoms with Crippen LogP contribution in [0.2, 0.25) is 0 Å². The van der Waals surface area contributed by atoms with E-state index in [4.69, 9.17) is 9.15 Å². The Morgan fingerprint density at radius 3 is 2.92 bits per heavy atom. The lowest BCUT2D eigenvalue weighted by Gasteiger charge is -2.20. The molecule has 1 fully saturated rings. The summed E-state index contributed by atoms with van der Waals surface area (Å²) in [6.07, 6.45) is 4.06. The summed E-state index contributed by atoms with van der Waals surface area (Å²) in [6, 6.07) is 3.50. The van der Waals surface area contributed by atoms with Gasteiger partial charge in [-0.15, -0.1) is 0 Å². The van der Waals surface area contributed by atoms with Crippen molar-refractivity contribution >= 4 is 6.29 Å². The van der Waals surface area contributed by atoms with Gasteiger partial charge in [0, 0.05) is 6.61 Å². The Labute approximate surface area is 76.7 Å². The standard InChI is InChI=1S/C10H12O3/c11-7-8-4-5-10(13-8)9-3-1-2-6-12-9/h4-5,7,9H,1-3,6H2. The largest absolute Gasteiger partial charge is 0.456 e. The Morgan fingerprint density at radius 1 is 1.38 bits per heavy atom. The lowest BCUT2D eigenvalue weighted by Crippen LogP contribution is -2.10. The molecule has 1 unspecified atom stereocenters. The van der Waals surface area contributed by atoms with Gasteiger partial charge in [-0.1, -0.05) is 0 Å². The Kier molecular flexibility index (Phi) is 2.45. The normalized spacial score (nSPS) is 22.9. The average molecular weight is 180 g/mol. The quantitative estimate of drug-likeness (QED) is 0.656. The van der Waals surface area contributed by atoms with Gasteiger partial charge >= 0.3 is 0 Å². The zero-order valence-electron chi connectivity index (χ0n) is 7.36. The van der Waals surface area contributed by atoms with Crippen molar-refractivity contribution in [3.63, 3.8) is 0 Å². The summed E-state index contributed by atoms with van der Waals surface area (Å²) in [4.78, 5) is 10.4. The first-order valence-electron chi connectivity index (χ1n) is 4.56. The van der Waals surface area contributed by atoms with Crippen LogP contribution in [0.25, 0.3) is 0 Å². The Morgan fingerprint density at radius 2 is 2.31 bits per heavy atom. The van der Waals surface area contributed by atoms with Crippen molar-refractivity contribution in [1.29, 1.82) is 0 Å². The molecule has 3 heteroatoms. The zero-order valence-corrected chi connectivity index (χ0v) is 7.36. The van der Waals surface area contributed by atoms with E-state index in [2.05, 4.69) is 0 Å². The van der Waals surface area contributed by atoms with Crippen LogP contribution in [-0.2, 0) is 4.74 Å². The van der Waals surface area contributed by atoms with Crippen LogP contribution in [0, 0.1) is 0 Å². The van der Waals surface area contributed by atoms with E-state index in [1.54, 1.807) is 6.07 Å². The zero-order chi connectivity index (χ0) is 9.10. The maximum absolute atomic E-state index is 10.4. The molecule has 1 aromatic heterocycles. The maximum atomic E-state index is 10.4. The number of hydrogen-bond donors (Lipinski definition) is 0. The van der Waals surface area contributed by atoms with Crippen LogP contribution < -0.4 is 0 Å². The first-order chi connectivity index (χ1) is 6.40. The topological polar surface area (TPSA) is 39.4 Å². The first kappa shape index (κ1) is 8.51. The van der Waals surface area contributed by atoms with Gasteiger partial charge in [0.05, 0.1) is 0 Å². The molecule has 0 aromatic carbocycles. The molecule has 0 spiro atoms. The van der Waals surface area contributed by atoms with Gasteiger partial charge in [0.2, 0.25) is 0 Å². The number of carbonyl (C=O) groups is 1. The van der Waals surface area contributed by atoms with Gasteiger partial charge in [-0.3, -0.25) is 4.79 Å². The minimum absolute atomic E-state index is 0.0578. The second-order valence-electron chi connectivity index (χ2n) is 3.21. The lowest BCUT2D eigenvalue weighted by molar-refractivity contribution is 0.00154. The fraction of sp³-hybridized carbons (Fsp3) is 0.500. The molecule has 0 bridgehead atoms. The fourth-order valence-corrected chi connectivity index (χ4v) is 1.57. The predicted molar refractivity (Wildman–Crippen MR) is 46.6 cm³/mol. The minimum Gasteiger partial charge on any atom is -0.456 e. The summed E-state index contributed by atoms with van der Waals surface area (Å²) < 4.78 is 10.8. The third kappa shape index (κ3) is 1.80. The number of hydrogen-bond acceptors (Lipinski definition) is 3. The summed E-state index contributed by atoms with van der Waals surface area (Å²) in [7, 11) is 0. The van der Waals surface area contributed by atoms with Gasteiger partial charge < -0.3 is 9.15 Å². The maximum Gasteiger partial charge on any atom is 0.185 e. The van der Waals surface area contributed by atoms with E-state index in [1.807, 2.05) is 6.07 Å². The summed E-state index contributed by atoms with van der Waals surface area (Å²) in [5.41, 5.74) is 0. The SMILES string of the molecule is O=Cc1ccc(C2CCCCO2)o1. The van der Waals surface area contributed by atoms with Crippen molar-refractivity contribution in [3.05, 3.63) is 23.7 Å². The molecule has 1 atom stereocenters. The summed E-state index contributed by atoms with van der Waals surface area (Å²) in [5, 5.41) is 0. The number of carbonyl (C=O) groups excluding carboxylic acids is 1. The summed E-state index contributed by atoms with van der Waals surface area (Å²) in [6.45, 7) is 0.793.